The number of pyridine rings is 1. The van der Waals surface area contributed by atoms with E-state index >= 15 is 0 Å². The van der Waals surface area contributed by atoms with Crippen LogP contribution in [0.1, 0.15) is 25.5 Å². The third kappa shape index (κ3) is 3.60. The van der Waals surface area contributed by atoms with Gasteiger partial charge in [-0.15, -0.1) is 0 Å². The Morgan fingerprint density at radius 1 is 1.46 bits per heavy atom. The third-order valence-electron chi connectivity index (χ3n) is 1.94. The van der Waals surface area contributed by atoms with E-state index in [4.69, 9.17) is 0 Å². The summed E-state index contributed by atoms with van der Waals surface area (Å²) in [6.07, 6.45) is 6.47. The lowest BCUT2D eigenvalue weighted by Crippen LogP contribution is -3.00. The standard InChI is InChI=1S/C11H16N.ClH/c1-3-5-9-12-10-7-6-8-11(12)4-2;/h4,6-8,10H,2-3,5,9H2,1H3;1H/q+1;/p-1. The third-order valence-corrected chi connectivity index (χ3v) is 1.94. The van der Waals surface area contributed by atoms with Gasteiger partial charge in [0.15, 0.2) is 6.20 Å². The molecule has 1 heterocycles. The van der Waals surface area contributed by atoms with Gasteiger partial charge in [-0.2, -0.15) is 4.57 Å². The van der Waals surface area contributed by atoms with Crippen molar-refractivity contribution >= 4 is 6.08 Å². The first-order valence-electron chi connectivity index (χ1n) is 4.49. The second-order valence-corrected chi connectivity index (χ2v) is 2.88. The molecule has 1 rings (SSSR count). The van der Waals surface area contributed by atoms with Gasteiger partial charge in [0.25, 0.3) is 0 Å². The molecule has 0 aromatic carbocycles. The molecule has 0 amide bonds. The maximum atomic E-state index is 3.78. The predicted molar refractivity (Wildman–Crippen MR) is 51.6 cm³/mol. The zero-order valence-corrected chi connectivity index (χ0v) is 8.80. The predicted octanol–water partition coefficient (Wildman–Crippen LogP) is -0.579. The van der Waals surface area contributed by atoms with Gasteiger partial charge in [0, 0.05) is 24.6 Å². The van der Waals surface area contributed by atoms with E-state index in [2.05, 4.69) is 36.4 Å². The van der Waals surface area contributed by atoms with Crippen LogP contribution < -0.4 is 17.0 Å². The summed E-state index contributed by atoms with van der Waals surface area (Å²) >= 11 is 0. The fraction of sp³-hybridized carbons (Fsp3) is 0.364. The van der Waals surface area contributed by atoms with Crippen molar-refractivity contribution in [3.63, 3.8) is 0 Å². The molecule has 0 saturated carbocycles. The number of nitrogens with zero attached hydrogens (tertiary/aromatic N) is 1. The SMILES string of the molecule is C=Cc1cccc[n+]1CCCC.[Cl-]. The zero-order chi connectivity index (χ0) is 8.81. The van der Waals surface area contributed by atoms with Gasteiger partial charge in [-0.05, 0) is 6.07 Å². The van der Waals surface area contributed by atoms with Crippen LogP contribution in [0.2, 0.25) is 0 Å². The fourth-order valence-electron chi connectivity index (χ4n) is 1.21. The lowest BCUT2D eigenvalue weighted by Gasteiger charge is -1.97. The summed E-state index contributed by atoms with van der Waals surface area (Å²) in [6, 6.07) is 6.19. The molecule has 0 bridgehead atoms. The van der Waals surface area contributed by atoms with Crippen LogP contribution in [0, 0.1) is 0 Å². The Labute approximate surface area is 86.5 Å². The van der Waals surface area contributed by atoms with E-state index in [1.807, 2.05) is 12.1 Å². The highest BCUT2D eigenvalue weighted by atomic mass is 35.5. The fourth-order valence-corrected chi connectivity index (χ4v) is 1.21. The molecular formula is C11H16ClN. The Hall–Kier alpha value is -0.820. The lowest BCUT2D eigenvalue weighted by atomic mass is 10.3. The summed E-state index contributed by atoms with van der Waals surface area (Å²) in [4.78, 5) is 0. The summed E-state index contributed by atoms with van der Waals surface area (Å²) in [5, 5.41) is 0. The van der Waals surface area contributed by atoms with Crippen LogP contribution in [0.4, 0.5) is 0 Å². The minimum absolute atomic E-state index is 0. The monoisotopic (exact) mass is 197 g/mol. The van der Waals surface area contributed by atoms with Gasteiger partial charge < -0.3 is 12.4 Å². The Morgan fingerprint density at radius 2 is 2.23 bits per heavy atom. The van der Waals surface area contributed by atoms with Gasteiger partial charge in [-0.3, -0.25) is 0 Å². The summed E-state index contributed by atoms with van der Waals surface area (Å²) in [5.74, 6) is 0. The van der Waals surface area contributed by atoms with Gasteiger partial charge in [-0.1, -0.05) is 19.9 Å². The summed E-state index contributed by atoms with van der Waals surface area (Å²) < 4.78 is 2.23. The highest BCUT2D eigenvalue weighted by Crippen LogP contribution is 1.94. The van der Waals surface area contributed by atoms with Crippen molar-refractivity contribution in [1.82, 2.24) is 0 Å². The molecule has 1 aromatic rings. The van der Waals surface area contributed by atoms with Crippen molar-refractivity contribution in [3.8, 4) is 0 Å². The smallest absolute Gasteiger partial charge is 0.204 e. The van der Waals surface area contributed by atoms with Crippen LogP contribution >= 0.6 is 0 Å². The van der Waals surface area contributed by atoms with Crippen LogP contribution in [0.15, 0.2) is 31.0 Å². The molecule has 0 radical (unpaired) electrons. The van der Waals surface area contributed by atoms with E-state index in [9.17, 15) is 0 Å². The molecule has 0 unspecified atom stereocenters. The minimum Gasteiger partial charge on any atom is -1.00 e. The molecule has 72 valence electrons. The number of halogens is 1. The van der Waals surface area contributed by atoms with Crippen molar-refractivity contribution in [2.24, 2.45) is 0 Å². The molecule has 0 atom stereocenters. The average molecular weight is 198 g/mol. The normalized spacial score (nSPS) is 9.00. The lowest BCUT2D eigenvalue weighted by molar-refractivity contribution is -0.699. The molecule has 0 saturated heterocycles. The Kier molecular flexibility index (Phi) is 6.25. The Morgan fingerprint density at radius 3 is 2.85 bits per heavy atom. The van der Waals surface area contributed by atoms with Gasteiger partial charge >= 0.3 is 0 Å². The van der Waals surface area contributed by atoms with E-state index in [-0.39, 0.29) is 12.4 Å². The molecule has 0 aliphatic heterocycles. The first-order chi connectivity index (χ1) is 5.88. The van der Waals surface area contributed by atoms with Crippen LogP contribution in [0.5, 0.6) is 0 Å². The number of aryl methyl sites for hydroxylation is 1. The van der Waals surface area contributed by atoms with Crippen LogP contribution in [0.25, 0.3) is 6.08 Å². The second kappa shape index (κ2) is 6.67. The van der Waals surface area contributed by atoms with Crippen molar-refractivity contribution in [1.29, 1.82) is 0 Å². The number of rotatable bonds is 4. The van der Waals surface area contributed by atoms with Crippen molar-refractivity contribution in [2.75, 3.05) is 0 Å². The molecule has 0 spiro atoms. The van der Waals surface area contributed by atoms with E-state index in [0.29, 0.717) is 0 Å². The summed E-state index contributed by atoms with van der Waals surface area (Å²) in [5.41, 5.74) is 1.20. The van der Waals surface area contributed by atoms with Crippen molar-refractivity contribution < 1.29 is 17.0 Å². The number of hydrogen-bond donors (Lipinski definition) is 0. The van der Waals surface area contributed by atoms with Crippen LogP contribution in [0.3, 0.4) is 0 Å². The van der Waals surface area contributed by atoms with Gasteiger partial charge in [-0.25, -0.2) is 0 Å². The molecule has 1 aromatic heterocycles. The highest BCUT2D eigenvalue weighted by molar-refractivity contribution is 5.36. The molecule has 0 fully saturated rings. The number of unbranched alkanes of at least 4 members (excludes halogenated alkanes) is 1. The topological polar surface area (TPSA) is 3.88 Å². The molecular weight excluding hydrogens is 182 g/mol. The highest BCUT2D eigenvalue weighted by Gasteiger charge is 2.03. The van der Waals surface area contributed by atoms with E-state index in [0.717, 1.165) is 6.54 Å². The second-order valence-electron chi connectivity index (χ2n) is 2.88. The first kappa shape index (κ1) is 12.2. The molecule has 0 aliphatic rings. The molecule has 1 nitrogen and oxygen atoms in total. The number of aromatic nitrogens is 1. The molecule has 0 N–H and O–H groups in total. The Balaban J connectivity index is 0.00000144. The molecule has 13 heavy (non-hydrogen) atoms. The minimum atomic E-state index is 0. The van der Waals surface area contributed by atoms with E-state index in [1.165, 1.54) is 18.5 Å². The molecule has 0 aliphatic carbocycles. The van der Waals surface area contributed by atoms with Crippen molar-refractivity contribution in [2.45, 2.75) is 26.3 Å². The maximum Gasteiger partial charge on any atom is 0.204 e. The van der Waals surface area contributed by atoms with Gasteiger partial charge in [0.2, 0.25) is 5.69 Å². The molecule has 2 heteroatoms. The van der Waals surface area contributed by atoms with E-state index in [1.54, 1.807) is 0 Å². The Bertz CT molecular complexity index is 258. The van der Waals surface area contributed by atoms with Crippen molar-refractivity contribution in [3.05, 3.63) is 36.7 Å². The summed E-state index contributed by atoms with van der Waals surface area (Å²) in [7, 11) is 0. The van der Waals surface area contributed by atoms with Gasteiger partial charge in [0.05, 0.1) is 0 Å². The largest absolute Gasteiger partial charge is 1.00 e. The quantitative estimate of drug-likeness (QED) is 0.569. The average Bonchev–Trinajstić information content (AvgIpc) is 2.15. The first-order valence-corrected chi connectivity index (χ1v) is 4.49. The number of hydrogen-bond acceptors (Lipinski definition) is 0. The van der Waals surface area contributed by atoms with Crippen LogP contribution in [-0.2, 0) is 6.54 Å². The summed E-state index contributed by atoms with van der Waals surface area (Å²) in [6.45, 7) is 7.08. The maximum absolute atomic E-state index is 3.78. The van der Waals surface area contributed by atoms with Crippen LogP contribution in [-0.4, -0.2) is 0 Å². The van der Waals surface area contributed by atoms with Gasteiger partial charge in [0.1, 0.15) is 6.54 Å². The zero-order valence-electron chi connectivity index (χ0n) is 8.04. The van der Waals surface area contributed by atoms with E-state index < -0.39 is 0 Å².